The zero-order valence-electron chi connectivity index (χ0n) is 11.0. The average molecular weight is 299 g/mol. The highest BCUT2D eigenvalue weighted by Gasteiger charge is 2.35. The summed E-state index contributed by atoms with van der Waals surface area (Å²) in [6.07, 6.45) is 2.31. The summed E-state index contributed by atoms with van der Waals surface area (Å²) in [5.41, 5.74) is 0.452. The Labute approximate surface area is 118 Å². The van der Waals surface area contributed by atoms with Crippen molar-refractivity contribution in [3.8, 4) is 0 Å². The lowest BCUT2D eigenvalue weighted by molar-refractivity contribution is 0.340. The van der Waals surface area contributed by atoms with Crippen LogP contribution in [-0.2, 0) is 10.0 Å². The number of nitrogens with two attached hydrogens (primary N) is 1. The maximum atomic E-state index is 14.1. The Balaban J connectivity index is 1.85. The Kier molecular flexibility index (Phi) is 3.43. The number of hydrogen-bond donors (Lipinski definition) is 2. The molecule has 0 radical (unpaired) electrons. The summed E-state index contributed by atoms with van der Waals surface area (Å²) in [6, 6.07) is 4.27. The van der Waals surface area contributed by atoms with Crippen LogP contribution in [-0.4, -0.2) is 34.1 Å². The van der Waals surface area contributed by atoms with E-state index in [2.05, 4.69) is 5.32 Å². The van der Waals surface area contributed by atoms with Gasteiger partial charge < -0.3 is 10.2 Å². The normalized spacial score (nSPS) is 26.6. The number of benzene rings is 1. The number of rotatable bonds is 2. The molecule has 0 saturated carbocycles. The van der Waals surface area contributed by atoms with Gasteiger partial charge in [-0.15, -0.1) is 0 Å². The molecule has 2 fully saturated rings. The van der Waals surface area contributed by atoms with E-state index in [1.807, 2.05) is 4.90 Å². The van der Waals surface area contributed by atoms with Crippen LogP contribution in [0.15, 0.2) is 23.1 Å². The standard InChI is InChI=1S/C13H18FN3O2S/c14-11-6-10(20(15,18)19)3-4-13(11)17-7-9-2-1-5-16-12(9)8-17/h3-4,6,9,12,16H,1-2,5,7-8H2,(H2,15,18,19)/t9-,12+/m0/s1. The zero-order chi connectivity index (χ0) is 14.3. The van der Waals surface area contributed by atoms with Crippen LogP contribution in [0, 0.1) is 11.7 Å². The lowest BCUT2D eigenvalue weighted by atomic mass is 9.94. The van der Waals surface area contributed by atoms with Crippen LogP contribution in [0.3, 0.4) is 0 Å². The van der Waals surface area contributed by atoms with E-state index in [0.717, 1.165) is 38.5 Å². The van der Waals surface area contributed by atoms with Crippen molar-refractivity contribution in [2.75, 3.05) is 24.5 Å². The van der Waals surface area contributed by atoms with Gasteiger partial charge in [-0.2, -0.15) is 0 Å². The van der Waals surface area contributed by atoms with Gasteiger partial charge in [0.05, 0.1) is 10.6 Å². The lowest BCUT2D eigenvalue weighted by Gasteiger charge is -2.24. The van der Waals surface area contributed by atoms with E-state index >= 15 is 0 Å². The molecule has 2 aliphatic rings. The topological polar surface area (TPSA) is 75.4 Å². The Morgan fingerprint density at radius 2 is 2.15 bits per heavy atom. The van der Waals surface area contributed by atoms with Crippen molar-refractivity contribution in [3.63, 3.8) is 0 Å². The van der Waals surface area contributed by atoms with Crippen LogP contribution in [0.2, 0.25) is 0 Å². The minimum absolute atomic E-state index is 0.187. The molecule has 5 nitrogen and oxygen atoms in total. The third-order valence-electron chi connectivity index (χ3n) is 4.19. The second-order valence-corrected chi connectivity index (χ2v) is 7.09. The first kappa shape index (κ1) is 13.8. The van der Waals surface area contributed by atoms with Crippen molar-refractivity contribution in [1.82, 2.24) is 5.32 Å². The van der Waals surface area contributed by atoms with Gasteiger partial charge in [0.15, 0.2) is 0 Å². The number of piperidine rings is 1. The molecule has 110 valence electrons. The first-order valence-corrected chi connectivity index (χ1v) is 8.30. The highest BCUT2D eigenvalue weighted by atomic mass is 32.2. The van der Waals surface area contributed by atoms with Gasteiger partial charge in [-0.25, -0.2) is 17.9 Å². The third kappa shape index (κ3) is 2.53. The molecular formula is C13H18FN3O2S. The van der Waals surface area contributed by atoms with Gasteiger partial charge in [0.1, 0.15) is 5.82 Å². The summed E-state index contributed by atoms with van der Waals surface area (Å²) in [4.78, 5) is 1.80. The fourth-order valence-electron chi connectivity index (χ4n) is 3.16. The van der Waals surface area contributed by atoms with E-state index in [-0.39, 0.29) is 4.90 Å². The number of halogens is 1. The quantitative estimate of drug-likeness (QED) is 0.841. The predicted octanol–water partition coefficient (Wildman–Crippen LogP) is 0.661. The maximum absolute atomic E-state index is 14.1. The lowest BCUT2D eigenvalue weighted by Crippen LogP contribution is -2.40. The van der Waals surface area contributed by atoms with Crippen molar-refractivity contribution in [2.24, 2.45) is 11.1 Å². The molecule has 2 heterocycles. The first-order valence-electron chi connectivity index (χ1n) is 6.76. The summed E-state index contributed by atoms with van der Waals surface area (Å²) < 4.78 is 36.5. The number of primary sulfonamides is 1. The molecule has 0 spiro atoms. The van der Waals surface area contributed by atoms with Crippen LogP contribution >= 0.6 is 0 Å². The maximum Gasteiger partial charge on any atom is 0.238 e. The average Bonchev–Trinajstić information content (AvgIpc) is 2.80. The number of hydrogen-bond acceptors (Lipinski definition) is 4. The third-order valence-corrected chi connectivity index (χ3v) is 5.10. The number of nitrogens with zero attached hydrogens (tertiary/aromatic N) is 1. The molecular weight excluding hydrogens is 281 g/mol. The molecule has 0 amide bonds. The van der Waals surface area contributed by atoms with Crippen LogP contribution in [0.5, 0.6) is 0 Å². The van der Waals surface area contributed by atoms with Crippen LogP contribution in [0.1, 0.15) is 12.8 Å². The SMILES string of the molecule is NS(=O)(=O)c1ccc(N2C[C@@H]3CCCN[C@@H]3C2)c(F)c1. The Hall–Kier alpha value is -1.18. The minimum Gasteiger partial charge on any atom is -0.367 e. The van der Waals surface area contributed by atoms with Crippen molar-refractivity contribution < 1.29 is 12.8 Å². The van der Waals surface area contributed by atoms with Crippen molar-refractivity contribution in [2.45, 2.75) is 23.8 Å². The Morgan fingerprint density at radius 3 is 2.80 bits per heavy atom. The van der Waals surface area contributed by atoms with E-state index in [0.29, 0.717) is 17.6 Å². The Morgan fingerprint density at radius 1 is 1.35 bits per heavy atom. The molecule has 0 aliphatic carbocycles. The fraction of sp³-hybridized carbons (Fsp3) is 0.538. The van der Waals surface area contributed by atoms with Crippen molar-refractivity contribution in [3.05, 3.63) is 24.0 Å². The van der Waals surface area contributed by atoms with Crippen molar-refractivity contribution in [1.29, 1.82) is 0 Å². The smallest absolute Gasteiger partial charge is 0.238 e. The number of sulfonamides is 1. The Bertz CT molecular complexity index is 606. The largest absolute Gasteiger partial charge is 0.367 e. The van der Waals surface area contributed by atoms with Crippen molar-refractivity contribution >= 4 is 15.7 Å². The second-order valence-electron chi connectivity index (χ2n) is 5.53. The molecule has 3 N–H and O–H groups in total. The highest BCUT2D eigenvalue weighted by molar-refractivity contribution is 7.89. The molecule has 2 atom stereocenters. The zero-order valence-corrected chi connectivity index (χ0v) is 11.9. The van der Waals surface area contributed by atoms with E-state index < -0.39 is 15.8 Å². The summed E-state index contributed by atoms with van der Waals surface area (Å²) in [6.45, 7) is 2.58. The predicted molar refractivity (Wildman–Crippen MR) is 74.5 cm³/mol. The minimum atomic E-state index is -3.86. The van der Waals surface area contributed by atoms with Gasteiger partial charge in [0.25, 0.3) is 0 Å². The first-order chi connectivity index (χ1) is 9.45. The molecule has 2 aliphatic heterocycles. The molecule has 20 heavy (non-hydrogen) atoms. The molecule has 0 unspecified atom stereocenters. The molecule has 2 saturated heterocycles. The molecule has 1 aromatic carbocycles. The monoisotopic (exact) mass is 299 g/mol. The number of fused-ring (bicyclic) bond motifs is 1. The summed E-state index contributed by atoms with van der Waals surface area (Å²) in [5, 5.41) is 8.46. The molecule has 3 rings (SSSR count). The van der Waals surface area contributed by atoms with Gasteiger partial charge >= 0.3 is 0 Å². The summed E-state index contributed by atoms with van der Waals surface area (Å²) >= 11 is 0. The highest BCUT2D eigenvalue weighted by Crippen LogP contribution is 2.31. The van der Waals surface area contributed by atoms with Gasteiger partial charge in [0, 0.05) is 19.1 Å². The van der Waals surface area contributed by atoms with Gasteiger partial charge in [0.2, 0.25) is 10.0 Å². The molecule has 0 aromatic heterocycles. The summed E-state index contributed by atoms with van der Waals surface area (Å²) in [7, 11) is -3.86. The van der Waals surface area contributed by atoms with E-state index in [4.69, 9.17) is 5.14 Å². The molecule has 7 heteroatoms. The fourth-order valence-corrected chi connectivity index (χ4v) is 3.69. The van der Waals surface area contributed by atoms with E-state index in [9.17, 15) is 12.8 Å². The van der Waals surface area contributed by atoms with Crippen LogP contribution in [0.25, 0.3) is 0 Å². The van der Waals surface area contributed by atoms with Crippen LogP contribution < -0.4 is 15.4 Å². The van der Waals surface area contributed by atoms with E-state index in [1.165, 1.54) is 12.1 Å². The van der Waals surface area contributed by atoms with Gasteiger partial charge in [-0.1, -0.05) is 0 Å². The van der Waals surface area contributed by atoms with Gasteiger partial charge in [-0.05, 0) is 43.5 Å². The molecule has 0 bridgehead atoms. The number of anilines is 1. The second kappa shape index (κ2) is 4.98. The molecule has 1 aromatic rings. The summed E-state index contributed by atoms with van der Waals surface area (Å²) in [5.74, 6) is 0.0104. The van der Waals surface area contributed by atoms with Gasteiger partial charge in [-0.3, -0.25) is 0 Å². The van der Waals surface area contributed by atoms with E-state index in [1.54, 1.807) is 0 Å². The number of nitrogens with one attached hydrogen (secondary N) is 1. The van der Waals surface area contributed by atoms with Crippen LogP contribution in [0.4, 0.5) is 10.1 Å².